The van der Waals surface area contributed by atoms with Gasteiger partial charge in [-0.3, -0.25) is 9.59 Å². The van der Waals surface area contributed by atoms with Crippen molar-refractivity contribution in [1.29, 1.82) is 0 Å². The van der Waals surface area contributed by atoms with Crippen LogP contribution in [0.4, 0.5) is 10.8 Å². The van der Waals surface area contributed by atoms with Crippen molar-refractivity contribution in [2.75, 3.05) is 24.9 Å². The van der Waals surface area contributed by atoms with Gasteiger partial charge in [-0.1, -0.05) is 42.5 Å². The maximum atomic E-state index is 13.3. The van der Waals surface area contributed by atoms with E-state index in [2.05, 4.69) is 15.6 Å². The van der Waals surface area contributed by atoms with Crippen molar-refractivity contribution in [1.82, 2.24) is 4.98 Å². The lowest BCUT2D eigenvalue weighted by Gasteiger charge is -2.17. The molecule has 0 bridgehead atoms. The van der Waals surface area contributed by atoms with E-state index in [4.69, 9.17) is 9.47 Å². The summed E-state index contributed by atoms with van der Waals surface area (Å²) in [4.78, 5) is 31.5. The van der Waals surface area contributed by atoms with E-state index in [0.717, 1.165) is 16.2 Å². The lowest BCUT2D eigenvalue weighted by atomic mass is 10.1. The lowest BCUT2D eigenvalue weighted by Crippen LogP contribution is -2.19. The second kappa shape index (κ2) is 11.7. The number of rotatable bonds is 9. The van der Waals surface area contributed by atoms with Crippen molar-refractivity contribution >= 4 is 45.7 Å². The lowest BCUT2D eigenvalue weighted by molar-refractivity contribution is -0.115. The van der Waals surface area contributed by atoms with Crippen LogP contribution in [0.2, 0.25) is 0 Å². The zero-order chi connectivity index (χ0) is 25.5. The largest absolute Gasteiger partial charge is 0.496 e. The summed E-state index contributed by atoms with van der Waals surface area (Å²) in [6, 6.07) is 22.1. The molecular formula is C27H25N3O4S2. The SMILES string of the molecule is COc1cccc(OC)c1C(=O)Nc1cccc(SC(C(=O)Nc2nc(C)cs2)c2ccccc2)c1. The van der Waals surface area contributed by atoms with Crippen LogP contribution in [0.5, 0.6) is 11.5 Å². The number of amides is 2. The molecule has 0 spiro atoms. The summed E-state index contributed by atoms with van der Waals surface area (Å²) in [7, 11) is 3.01. The van der Waals surface area contributed by atoms with Gasteiger partial charge in [0.2, 0.25) is 5.91 Å². The van der Waals surface area contributed by atoms with Crippen LogP contribution in [0.25, 0.3) is 0 Å². The molecule has 2 N–H and O–H groups in total. The first kappa shape index (κ1) is 25.3. The van der Waals surface area contributed by atoms with E-state index >= 15 is 0 Å². The average Bonchev–Trinajstić information content (AvgIpc) is 3.31. The van der Waals surface area contributed by atoms with Gasteiger partial charge in [0, 0.05) is 16.0 Å². The van der Waals surface area contributed by atoms with Crippen molar-refractivity contribution < 1.29 is 19.1 Å². The van der Waals surface area contributed by atoms with Gasteiger partial charge in [0.25, 0.3) is 5.91 Å². The van der Waals surface area contributed by atoms with Crippen LogP contribution in [0.15, 0.2) is 83.1 Å². The highest BCUT2D eigenvalue weighted by molar-refractivity contribution is 8.00. The number of ether oxygens (including phenoxy) is 2. The molecule has 0 aliphatic heterocycles. The molecular weight excluding hydrogens is 494 g/mol. The van der Waals surface area contributed by atoms with Crippen LogP contribution in [-0.2, 0) is 4.79 Å². The molecule has 0 saturated carbocycles. The molecule has 0 aliphatic carbocycles. The molecule has 0 fully saturated rings. The van der Waals surface area contributed by atoms with Gasteiger partial charge in [-0.2, -0.15) is 0 Å². The zero-order valence-corrected chi connectivity index (χ0v) is 21.6. The second-order valence-electron chi connectivity index (χ2n) is 7.71. The Hall–Kier alpha value is -3.82. The minimum Gasteiger partial charge on any atom is -0.496 e. The van der Waals surface area contributed by atoms with Gasteiger partial charge < -0.3 is 20.1 Å². The van der Waals surface area contributed by atoms with Gasteiger partial charge in [0.1, 0.15) is 22.3 Å². The van der Waals surface area contributed by atoms with Crippen LogP contribution in [0, 0.1) is 6.92 Å². The highest BCUT2D eigenvalue weighted by Gasteiger charge is 2.24. The number of thiazole rings is 1. The van der Waals surface area contributed by atoms with E-state index < -0.39 is 5.25 Å². The number of hydrogen-bond donors (Lipinski definition) is 2. The van der Waals surface area contributed by atoms with Gasteiger partial charge in [-0.05, 0) is 42.8 Å². The normalized spacial score (nSPS) is 11.4. The van der Waals surface area contributed by atoms with Gasteiger partial charge >= 0.3 is 0 Å². The molecule has 1 atom stereocenters. The standard InChI is InChI=1S/C27H25N3O4S2/c1-17-16-35-27(28-17)30-26(32)24(18-9-5-4-6-10-18)36-20-12-7-11-19(15-20)29-25(31)23-21(33-2)13-8-14-22(23)34-3/h4-16,24H,1-3H3,(H,29,31)(H,28,30,32). The molecule has 3 aromatic carbocycles. The van der Waals surface area contributed by atoms with Crippen LogP contribution in [0.3, 0.4) is 0 Å². The molecule has 0 aliphatic rings. The monoisotopic (exact) mass is 519 g/mol. The predicted octanol–water partition coefficient (Wildman–Crippen LogP) is 6.19. The Kier molecular flexibility index (Phi) is 8.24. The second-order valence-corrected chi connectivity index (χ2v) is 9.75. The van der Waals surface area contributed by atoms with Crippen LogP contribution in [0.1, 0.15) is 26.9 Å². The van der Waals surface area contributed by atoms with Crippen LogP contribution < -0.4 is 20.1 Å². The van der Waals surface area contributed by atoms with Crippen LogP contribution in [-0.4, -0.2) is 31.0 Å². The first-order valence-corrected chi connectivity index (χ1v) is 12.8. The van der Waals surface area contributed by atoms with Crippen LogP contribution >= 0.6 is 23.1 Å². The molecule has 7 nitrogen and oxygen atoms in total. The molecule has 1 heterocycles. The number of carbonyl (C=O) groups is 2. The number of hydrogen-bond acceptors (Lipinski definition) is 7. The summed E-state index contributed by atoms with van der Waals surface area (Å²) < 4.78 is 10.7. The van der Waals surface area contributed by atoms with Crippen molar-refractivity contribution in [3.63, 3.8) is 0 Å². The van der Waals surface area contributed by atoms with Crippen molar-refractivity contribution in [3.05, 3.63) is 95.0 Å². The summed E-state index contributed by atoms with van der Waals surface area (Å²) in [5.41, 5.74) is 2.61. The first-order chi connectivity index (χ1) is 17.5. The number of carbonyl (C=O) groups excluding carboxylic acids is 2. The van der Waals surface area contributed by atoms with Gasteiger partial charge in [-0.25, -0.2) is 4.98 Å². The number of methoxy groups -OCH3 is 2. The smallest absolute Gasteiger partial charge is 0.263 e. The molecule has 184 valence electrons. The Morgan fingerprint density at radius 3 is 2.25 bits per heavy atom. The number of nitrogens with zero attached hydrogens (tertiary/aromatic N) is 1. The molecule has 1 unspecified atom stereocenters. The Morgan fingerprint density at radius 2 is 1.61 bits per heavy atom. The Labute approximate surface area is 217 Å². The number of benzene rings is 3. The maximum Gasteiger partial charge on any atom is 0.263 e. The summed E-state index contributed by atoms with van der Waals surface area (Å²) >= 11 is 2.78. The molecule has 2 amide bonds. The Morgan fingerprint density at radius 1 is 0.917 bits per heavy atom. The number of aromatic nitrogens is 1. The minimum atomic E-state index is -0.518. The van der Waals surface area contributed by atoms with Gasteiger partial charge in [-0.15, -0.1) is 23.1 Å². The predicted molar refractivity (Wildman–Crippen MR) is 144 cm³/mol. The van der Waals surface area contributed by atoms with E-state index in [1.165, 1.54) is 37.3 Å². The van der Waals surface area contributed by atoms with E-state index in [9.17, 15) is 9.59 Å². The van der Waals surface area contributed by atoms with Crippen molar-refractivity contribution in [3.8, 4) is 11.5 Å². The fourth-order valence-electron chi connectivity index (χ4n) is 3.53. The average molecular weight is 520 g/mol. The molecule has 36 heavy (non-hydrogen) atoms. The first-order valence-electron chi connectivity index (χ1n) is 11.1. The fraction of sp³-hybridized carbons (Fsp3) is 0.148. The molecule has 1 aromatic heterocycles. The number of thioether (sulfide) groups is 1. The third kappa shape index (κ3) is 6.05. The molecule has 4 aromatic rings. The van der Waals surface area contributed by atoms with E-state index in [1.807, 2.05) is 60.8 Å². The number of anilines is 2. The molecule has 0 saturated heterocycles. The third-order valence-electron chi connectivity index (χ3n) is 5.19. The summed E-state index contributed by atoms with van der Waals surface area (Å²) in [6.07, 6.45) is 0. The summed E-state index contributed by atoms with van der Waals surface area (Å²) in [5.74, 6) is 0.294. The Bertz CT molecular complexity index is 1340. The van der Waals surface area contributed by atoms with Gasteiger partial charge in [0.15, 0.2) is 5.13 Å². The quantitative estimate of drug-likeness (QED) is 0.256. The Balaban J connectivity index is 1.56. The highest BCUT2D eigenvalue weighted by atomic mass is 32.2. The molecule has 0 radical (unpaired) electrons. The summed E-state index contributed by atoms with van der Waals surface area (Å²) in [6.45, 7) is 1.88. The molecule has 4 rings (SSSR count). The summed E-state index contributed by atoms with van der Waals surface area (Å²) in [5, 5.41) is 7.77. The minimum absolute atomic E-state index is 0.172. The van der Waals surface area contributed by atoms with E-state index in [-0.39, 0.29) is 11.8 Å². The van der Waals surface area contributed by atoms with E-state index in [1.54, 1.807) is 24.3 Å². The number of aryl methyl sites for hydroxylation is 1. The fourth-order valence-corrected chi connectivity index (χ4v) is 5.31. The zero-order valence-electron chi connectivity index (χ0n) is 20.0. The maximum absolute atomic E-state index is 13.3. The van der Waals surface area contributed by atoms with Gasteiger partial charge in [0.05, 0.1) is 19.9 Å². The van der Waals surface area contributed by atoms with Crippen molar-refractivity contribution in [2.24, 2.45) is 0 Å². The number of nitrogens with one attached hydrogen (secondary N) is 2. The molecule has 9 heteroatoms. The van der Waals surface area contributed by atoms with E-state index in [0.29, 0.717) is 27.9 Å². The third-order valence-corrected chi connectivity index (χ3v) is 7.31. The highest BCUT2D eigenvalue weighted by Crippen LogP contribution is 2.38. The van der Waals surface area contributed by atoms with Crippen molar-refractivity contribution in [2.45, 2.75) is 17.1 Å². The topological polar surface area (TPSA) is 89.5 Å².